The third-order valence-electron chi connectivity index (χ3n) is 2.61. The van der Waals surface area contributed by atoms with E-state index in [1.54, 1.807) is 12.4 Å². The average molecular weight is 305 g/mol. The van der Waals surface area contributed by atoms with Crippen molar-refractivity contribution in [3.63, 3.8) is 0 Å². The fraction of sp³-hybridized carbons (Fsp3) is 0.556. The lowest BCUT2D eigenvalue weighted by atomic mass is 9.77. The lowest BCUT2D eigenvalue weighted by Crippen LogP contribution is -2.48. The highest BCUT2D eigenvalue weighted by Gasteiger charge is 2.36. The van der Waals surface area contributed by atoms with E-state index in [4.69, 9.17) is 0 Å². The summed E-state index contributed by atoms with van der Waals surface area (Å²) in [4.78, 5) is 8.30. The highest BCUT2D eigenvalue weighted by Crippen LogP contribution is 2.33. The smallest absolute Gasteiger partial charge is 0.223 e. The van der Waals surface area contributed by atoms with Crippen LogP contribution in [0.3, 0.4) is 0 Å². The van der Waals surface area contributed by atoms with Crippen molar-refractivity contribution >= 4 is 28.5 Å². The van der Waals surface area contributed by atoms with E-state index in [0.717, 1.165) is 22.8 Å². The molecule has 0 unspecified atom stereocenters. The van der Waals surface area contributed by atoms with Crippen LogP contribution in [0, 0.1) is 3.57 Å². The molecule has 0 bridgehead atoms. The lowest BCUT2D eigenvalue weighted by molar-refractivity contribution is 0.143. The first-order valence-electron chi connectivity index (χ1n) is 4.61. The van der Waals surface area contributed by atoms with Crippen molar-refractivity contribution in [2.24, 2.45) is 0 Å². The van der Waals surface area contributed by atoms with Crippen LogP contribution < -0.4 is 5.32 Å². The van der Waals surface area contributed by atoms with Gasteiger partial charge in [-0.1, -0.05) is 0 Å². The number of halogens is 1. The Hall–Kier alpha value is -0.430. The number of anilines is 1. The molecule has 0 saturated heterocycles. The Morgan fingerprint density at radius 2 is 2.07 bits per heavy atom. The van der Waals surface area contributed by atoms with Crippen molar-refractivity contribution in [2.75, 3.05) is 11.9 Å². The van der Waals surface area contributed by atoms with Crippen LogP contribution >= 0.6 is 22.6 Å². The fourth-order valence-corrected chi connectivity index (χ4v) is 1.82. The summed E-state index contributed by atoms with van der Waals surface area (Å²) in [5.74, 6) is 0.610. The molecule has 4 nitrogen and oxygen atoms in total. The number of hydrogen-bond acceptors (Lipinski definition) is 4. The van der Waals surface area contributed by atoms with E-state index < -0.39 is 0 Å². The quantitative estimate of drug-likeness (QED) is 0.829. The van der Waals surface area contributed by atoms with Crippen molar-refractivity contribution in [1.82, 2.24) is 9.97 Å². The summed E-state index contributed by atoms with van der Waals surface area (Å²) in [6.45, 7) is 0.155. The molecule has 1 aliphatic rings. The van der Waals surface area contributed by atoms with Gasteiger partial charge in [0.2, 0.25) is 5.95 Å². The van der Waals surface area contributed by atoms with Crippen molar-refractivity contribution in [1.29, 1.82) is 0 Å². The van der Waals surface area contributed by atoms with Crippen LogP contribution in [0.1, 0.15) is 19.3 Å². The number of hydrogen-bond donors (Lipinski definition) is 2. The minimum atomic E-state index is -0.160. The highest BCUT2D eigenvalue weighted by atomic mass is 127. The second-order valence-corrected chi connectivity index (χ2v) is 4.89. The standard InChI is InChI=1S/C9H12IN3O/c10-7-4-11-8(12-5-7)13-9(6-14)2-1-3-9/h4-5,14H,1-3,6H2,(H,11,12,13). The van der Waals surface area contributed by atoms with E-state index in [2.05, 4.69) is 37.9 Å². The van der Waals surface area contributed by atoms with E-state index in [9.17, 15) is 5.11 Å². The van der Waals surface area contributed by atoms with Gasteiger partial charge in [-0.3, -0.25) is 0 Å². The molecule has 1 aliphatic carbocycles. The van der Waals surface area contributed by atoms with Gasteiger partial charge >= 0.3 is 0 Å². The number of aliphatic hydroxyl groups excluding tert-OH is 1. The summed E-state index contributed by atoms with van der Waals surface area (Å²) in [7, 11) is 0. The minimum absolute atomic E-state index is 0.155. The Labute approximate surface area is 96.3 Å². The zero-order valence-corrected chi connectivity index (χ0v) is 9.86. The Kier molecular flexibility index (Phi) is 2.87. The molecule has 2 N–H and O–H groups in total. The molecule has 2 rings (SSSR count). The van der Waals surface area contributed by atoms with Crippen molar-refractivity contribution < 1.29 is 5.11 Å². The first-order valence-corrected chi connectivity index (χ1v) is 5.69. The molecule has 0 amide bonds. The van der Waals surface area contributed by atoms with Gasteiger partial charge in [-0.05, 0) is 41.9 Å². The first kappa shape index (κ1) is 10.1. The zero-order valence-electron chi connectivity index (χ0n) is 7.70. The number of nitrogens with zero attached hydrogens (tertiary/aromatic N) is 2. The number of rotatable bonds is 3. The van der Waals surface area contributed by atoms with Crippen LogP contribution in [0.2, 0.25) is 0 Å². The molecular formula is C9H12IN3O. The van der Waals surface area contributed by atoms with E-state index in [1.165, 1.54) is 0 Å². The summed E-state index contributed by atoms with van der Waals surface area (Å²) >= 11 is 2.16. The second-order valence-electron chi connectivity index (χ2n) is 3.64. The molecule has 0 aliphatic heterocycles. The molecule has 76 valence electrons. The van der Waals surface area contributed by atoms with E-state index in [1.807, 2.05) is 0 Å². The molecule has 1 aromatic rings. The first-order chi connectivity index (χ1) is 6.74. The maximum Gasteiger partial charge on any atom is 0.223 e. The molecule has 1 heterocycles. The predicted octanol–water partition coefficient (Wildman–Crippen LogP) is 1.41. The molecule has 1 fully saturated rings. The second kappa shape index (κ2) is 3.98. The maximum atomic E-state index is 9.23. The normalized spacial score (nSPS) is 18.7. The Bertz CT molecular complexity index is 305. The number of aliphatic hydroxyl groups is 1. The van der Waals surface area contributed by atoms with Crippen LogP contribution in [-0.4, -0.2) is 27.2 Å². The van der Waals surface area contributed by atoms with Gasteiger partial charge in [0.05, 0.1) is 12.1 Å². The Balaban J connectivity index is 2.06. The molecule has 0 spiro atoms. The topological polar surface area (TPSA) is 58.0 Å². The molecule has 0 radical (unpaired) electrons. The van der Waals surface area contributed by atoms with Gasteiger partial charge in [0.25, 0.3) is 0 Å². The zero-order chi connectivity index (χ0) is 10.0. The van der Waals surface area contributed by atoms with Crippen LogP contribution in [0.15, 0.2) is 12.4 Å². The fourth-order valence-electron chi connectivity index (χ4n) is 1.54. The van der Waals surface area contributed by atoms with Gasteiger partial charge < -0.3 is 10.4 Å². The summed E-state index contributed by atoms with van der Waals surface area (Å²) < 4.78 is 1.01. The van der Waals surface area contributed by atoms with Gasteiger partial charge in [0, 0.05) is 16.0 Å². The number of nitrogens with one attached hydrogen (secondary N) is 1. The van der Waals surface area contributed by atoms with E-state index in [-0.39, 0.29) is 12.1 Å². The van der Waals surface area contributed by atoms with E-state index in [0.29, 0.717) is 5.95 Å². The monoisotopic (exact) mass is 305 g/mol. The lowest BCUT2D eigenvalue weighted by Gasteiger charge is -2.40. The van der Waals surface area contributed by atoms with Crippen LogP contribution in [0.4, 0.5) is 5.95 Å². The molecule has 14 heavy (non-hydrogen) atoms. The van der Waals surface area contributed by atoms with E-state index >= 15 is 0 Å². The highest BCUT2D eigenvalue weighted by molar-refractivity contribution is 14.1. The Morgan fingerprint density at radius 3 is 2.50 bits per heavy atom. The third kappa shape index (κ3) is 1.98. The van der Waals surface area contributed by atoms with Crippen molar-refractivity contribution in [2.45, 2.75) is 24.8 Å². The SMILES string of the molecule is OCC1(Nc2ncc(I)cn2)CCC1. The van der Waals surface area contributed by atoms with Gasteiger partial charge in [-0.15, -0.1) is 0 Å². The summed E-state index contributed by atoms with van der Waals surface area (Å²) in [5, 5.41) is 12.4. The van der Waals surface area contributed by atoms with Crippen molar-refractivity contribution in [3.05, 3.63) is 16.0 Å². The Morgan fingerprint density at radius 1 is 1.43 bits per heavy atom. The largest absolute Gasteiger partial charge is 0.394 e. The summed E-state index contributed by atoms with van der Waals surface area (Å²) in [6.07, 6.45) is 6.69. The van der Waals surface area contributed by atoms with Crippen molar-refractivity contribution in [3.8, 4) is 0 Å². The molecule has 1 saturated carbocycles. The van der Waals surface area contributed by atoms with Gasteiger partial charge in [-0.25, -0.2) is 9.97 Å². The number of aromatic nitrogens is 2. The molecular weight excluding hydrogens is 293 g/mol. The molecule has 5 heteroatoms. The molecule has 0 aromatic carbocycles. The predicted molar refractivity (Wildman–Crippen MR) is 62.0 cm³/mol. The third-order valence-corrected chi connectivity index (χ3v) is 3.17. The minimum Gasteiger partial charge on any atom is -0.394 e. The van der Waals surface area contributed by atoms with Crippen LogP contribution in [0.25, 0.3) is 0 Å². The molecule has 0 atom stereocenters. The molecule has 1 aromatic heterocycles. The van der Waals surface area contributed by atoms with Crippen LogP contribution in [0.5, 0.6) is 0 Å². The summed E-state index contributed by atoms with van der Waals surface area (Å²) in [5.41, 5.74) is -0.160. The average Bonchev–Trinajstić information content (AvgIpc) is 2.15. The summed E-state index contributed by atoms with van der Waals surface area (Å²) in [6, 6.07) is 0. The van der Waals surface area contributed by atoms with Gasteiger partial charge in [0.1, 0.15) is 0 Å². The maximum absolute atomic E-state index is 9.23. The van der Waals surface area contributed by atoms with Crippen LogP contribution in [-0.2, 0) is 0 Å². The van der Waals surface area contributed by atoms with Gasteiger partial charge in [-0.2, -0.15) is 0 Å². The van der Waals surface area contributed by atoms with Gasteiger partial charge in [0.15, 0.2) is 0 Å².